The highest BCUT2D eigenvalue weighted by molar-refractivity contribution is 5.73. The van der Waals surface area contributed by atoms with Crippen LogP contribution in [-0.4, -0.2) is 79.8 Å². The number of ether oxygens (including phenoxy) is 2. The lowest BCUT2D eigenvalue weighted by Crippen LogP contribution is -2.36. The fourth-order valence-electron chi connectivity index (χ4n) is 4.05. The van der Waals surface area contributed by atoms with E-state index in [0.717, 1.165) is 43.9 Å². The fraction of sp³-hybridized carbons (Fsp3) is 0.346. The highest BCUT2D eigenvalue weighted by atomic mass is 19.4. The number of aromatic nitrogens is 2. The second-order valence-electron chi connectivity index (χ2n) is 8.76. The number of anilines is 4. The minimum Gasteiger partial charge on any atom is -0.475 e. The van der Waals surface area contributed by atoms with Crippen LogP contribution >= 0.6 is 0 Å². The molecule has 2 aliphatic rings. The number of carbonyl (C=O) groups is 1. The molecule has 2 aromatic carbocycles. The summed E-state index contributed by atoms with van der Waals surface area (Å²) >= 11 is 0. The molecule has 214 valence electrons. The number of carboxylic acid groups (broad SMARTS) is 1. The number of halogens is 5. The minimum atomic E-state index is -5.08. The zero-order chi connectivity index (χ0) is 28.7. The predicted molar refractivity (Wildman–Crippen MR) is 137 cm³/mol. The molecule has 3 heterocycles. The molecule has 14 heteroatoms. The lowest BCUT2D eigenvalue weighted by Gasteiger charge is -2.29. The minimum absolute atomic E-state index is 0.0476. The van der Waals surface area contributed by atoms with Crippen molar-refractivity contribution in [3.05, 3.63) is 60.3 Å². The smallest absolute Gasteiger partial charge is 0.475 e. The van der Waals surface area contributed by atoms with Gasteiger partial charge in [0.15, 0.2) is 5.82 Å². The summed E-state index contributed by atoms with van der Waals surface area (Å²) in [6.07, 6.45) is -3.98. The maximum absolute atomic E-state index is 14.6. The first-order valence-corrected chi connectivity index (χ1v) is 12.3. The van der Waals surface area contributed by atoms with Crippen molar-refractivity contribution >= 4 is 29.0 Å². The maximum atomic E-state index is 14.6. The first kappa shape index (κ1) is 29.0. The van der Waals surface area contributed by atoms with Crippen LogP contribution in [0.2, 0.25) is 0 Å². The van der Waals surface area contributed by atoms with Crippen molar-refractivity contribution in [3.63, 3.8) is 0 Å². The number of nitrogens with one attached hydrogen (secondary N) is 1. The van der Waals surface area contributed by atoms with E-state index in [9.17, 15) is 22.0 Å². The molecule has 0 atom stereocenters. The average molecular weight is 568 g/mol. The number of hydrogen-bond acceptors (Lipinski definition) is 8. The molecule has 40 heavy (non-hydrogen) atoms. The zero-order valence-electron chi connectivity index (χ0n) is 21.1. The summed E-state index contributed by atoms with van der Waals surface area (Å²) in [6, 6.07) is 12.4. The van der Waals surface area contributed by atoms with Crippen LogP contribution in [0.3, 0.4) is 0 Å². The number of nitrogens with zero attached hydrogens (tertiary/aromatic N) is 4. The van der Waals surface area contributed by atoms with E-state index in [1.165, 1.54) is 12.1 Å². The molecule has 2 aliphatic heterocycles. The molecule has 0 bridgehead atoms. The molecule has 0 unspecified atom stereocenters. The Morgan fingerprint density at radius 1 is 0.875 bits per heavy atom. The molecule has 3 aromatic rings. The summed E-state index contributed by atoms with van der Waals surface area (Å²) in [5, 5.41) is 10.2. The lowest BCUT2D eigenvalue weighted by molar-refractivity contribution is -0.192. The van der Waals surface area contributed by atoms with E-state index in [0.29, 0.717) is 37.6 Å². The Kier molecular flexibility index (Phi) is 9.32. The Morgan fingerprint density at radius 2 is 1.43 bits per heavy atom. The lowest BCUT2D eigenvalue weighted by atomic mass is 10.1. The number of morpholine rings is 2. The first-order chi connectivity index (χ1) is 19.1. The van der Waals surface area contributed by atoms with Crippen LogP contribution in [0.25, 0.3) is 11.3 Å². The van der Waals surface area contributed by atoms with Gasteiger partial charge < -0.3 is 29.7 Å². The van der Waals surface area contributed by atoms with Crippen molar-refractivity contribution in [3.8, 4) is 11.3 Å². The van der Waals surface area contributed by atoms with Crippen LogP contribution in [0.4, 0.5) is 45.0 Å². The number of alkyl halides is 3. The third-order valence-corrected chi connectivity index (χ3v) is 6.02. The molecule has 0 saturated carbocycles. The van der Waals surface area contributed by atoms with Crippen molar-refractivity contribution in [2.24, 2.45) is 0 Å². The van der Waals surface area contributed by atoms with Gasteiger partial charge in [-0.15, -0.1) is 0 Å². The highest BCUT2D eigenvalue weighted by Crippen LogP contribution is 2.29. The van der Waals surface area contributed by atoms with Crippen LogP contribution in [0.15, 0.2) is 48.7 Å². The van der Waals surface area contributed by atoms with Crippen molar-refractivity contribution in [2.75, 3.05) is 67.7 Å². The van der Waals surface area contributed by atoms with Crippen LogP contribution in [0.1, 0.15) is 0 Å². The van der Waals surface area contributed by atoms with Gasteiger partial charge in [0, 0.05) is 48.8 Å². The van der Waals surface area contributed by atoms with Gasteiger partial charge in [0.1, 0.15) is 11.5 Å². The molecule has 5 rings (SSSR count). The Balaban J connectivity index is 0.000000470. The molecule has 9 nitrogen and oxygen atoms in total. The monoisotopic (exact) mass is 567 g/mol. The van der Waals surface area contributed by atoms with E-state index in [1.807, 2.05) is 29.2 Å². The highest BCUT2D eigenvalue weighted by Gasteiger charge is 2.38. The average Bonchev–Trinajstić information content (AvgIpc) is 2.95. The van der Waals surface area contributed by atoms with Crippen LogP contribution in [0.5, 0.6) is 0 Å². The van der Waals surface area contributed by atoms with Crippen LogP contribution in [0, 0.1) is 11.6 Å². The summed E-state index contributed by atoms with van der Waals surface area (Å²) in [7, 11) is 0. The van der Waals surface area contributed by atoms with Gasteiger partial charge in [0.25, 0.3) is 0 Å². The van der Waals surface area contributed by atoms with E-state index in [-0.39, 0.29) is 11.6 Å². The van der Waals surface area contributed by atoms with E-state index in [2.05, 4.69) is 20.2 Å². The fourth-order valence-corrected chi connectivity index (χ4v) is 4.05. The molecule has 2 saturated heterocycles. The van der Waals surface area contributed by atoms with E-state index in [4.69, 9.17) is 19.4 Å². The van der Waals surface area contributed by atoms with Gasteiger partial charge >= 0.3 is 12.1 Å². The van der Waals surface area contributed by atoms with Crippen molar-refractivity contribution < 1.29 is 41.3 Å². The van der Waals surface area contributed by atoms with E-state index < -0.39 is 23.8 Å². The van der Waals surface area contributed by atoms with Crippen LogP contribution < -0.4 is 15.1 Å². The number of benzene rings is 2. The number of rotatable bonds is 5. The van der Waals surface area contributed by atoms with E-state index in [1.54, 1.807) is 6.07 Å². The second kappa shape index (κ2) is 12.9. The molecule has 1 aromatic heterocycles. The van der Waals surface area contributed by atoms with Gasteiger partial charge in [-0.3, -0.25) is 0 Å². The summed E-state index contributed by atoms with van der Waals surface area (Å²) in [6.45, 7) is 5.62. The maximum Gasteiger partial charge on any atom is 0.490 e. The van der Waals surface area contributed by atoms with Gasteiger partial charge in [-0.05, 0) is 42.5 Å². The Bertz CT molecular complexity index is 1300. The largest absolute Gasteiger partial charge is 0.490 e. The third kappa shape index (κ3) is 7.76. The van der Waals surface area contributed by atoms with Crippen molar-refractivity contribution in [1.29, 1.82) is 0 Å². The van der Waals surface area contributed by atoms with Gasteiger partial charge in [0.05, 0.1) is 32.6 Å². The zero-order valence-corrected chi connectivity index (χ0v) is 21.1. The normalized spacial score (nSPS) is 15.7. The Labute approximate surface area is 226 Å². The SMILES string of the molecule is Fc1cc(-c2nc(Nc3ccc(N4CCOCC4)cc3)ncc2F)cc(N2CCOCC2)c1.O=C(O)C(F)(F)F. The Hall–Kier alpha value is -4.04. The van der Waals surface area contributed by atoms with E-state index >= 15 is 0 Å². The summed E-state index contributed by atoms with van der Waals surface area (Å²) in [4.78, 5) is 21.6. The van der Waals surface area contributed by atoms with Crippen LogP contribution in [-0.2, 0) is 14.3 Å². The number of carboxylic acids is 1. The predicted octanol–water partition coefficient (Wildman–Crippen LogP) is 4.47. The van der Waals surface area contributed by atoms with Crippen molar-refractivity contribution in [1.82, 2.24) is 9.97 Å². The third-order valence-electron chi connectivity index (χ3n) is 6.02. The van der Waals surface area contributed by atoms with Gasteiger partial charge in [-0.1, -0.05) is 0 Å². The molecular formula is C26H26F5N5O4. The van der Waals surface area contributed by atoms with Gasteiger partial charge in [-0.25, -0.2) is 23.5 Å². The molecule has 0 radical (unpaired) electrons. The molecular weight excluding hydrogens is 541 g/mol. The molecule has 0 aliphatic carbocycles. The Morgan fingerprint density at radius 3 is 1.98 bits per heavy atom. The summed E-state index contributed by atoms with van der Waals surface area (Å²) in [5.74, 6) is -3.57. The quantitative estimate of drug-likeness (QED) is 0.433. The first-order valence-electron chi connectivity index (χ1n) is 12.3. The molecule has 0 spiro atoms. The van der Waals surface area contributed by atoms with Gasteiger partial charge in [-0.2, -0.15) is 13.2 Å². The standard InChI is InChI=1S/C24H25F2N5O2.C2HF3O2/c25-18-13-17(14-21(15-18)31-7-11-33-12-8-31)23-22(26)16-27-24(29-23)28-19-1-3-20(4-2-19)30-5-9-32-10-6-30;3-2(4,5)1(6)7/h1-4,13-16H,5-12H2,(H,27,28,29);(H,6,7). The molecule has 2 fully saturated rings. The summed E-state index contributed by atoms with van der Waals surface area (Å²) in [5.41, 5.74) is 2.98. The number of aliphatic carboxylic acids is 1. The van der Waals surface area contributed by atoms with Gasteiger partial charge in [0.2, 0.25) is 5.95 Å². The second-order valence-corrected chi connectivity index (χ2v) is 8.76. The molecule has 0 amide bonds. The topological polar surface area (TPSA) is 100 Å². The summed E-state index contributed by atoms with van der Waals surface area (Å²) < 4.78 is 71.5. The van der Waals surface area contributed by atoms with Crippen molar-refractivity contribution in [2.45, 2.75) is 6.18 Å². The molecule has 2 N–H and O–H groups in total. The number of hydrogen-bond donors (Lipinski definition) is 2.